The number of benzene rings is 1. The molecule has 0 radical (unpaired) electrons. The minimum atomic E-state index is -0.540. The van der Waals surface area contributed by atoms with Crippen LogP contribution in [0, 0.1) is 0 Å². The van der Waals surface area contributed by atoms with Gasteiger partial charge in [-0.15, -0.1) is 0 Å². The lowest BCUT2D eigenvalue weighted by molar-refractivity contribution is -0.119. The van der Waals surface area contributed by atoms with Gasteiger partial charge in [-0.25, -0.2) is 9.78 Å². The molecule has 0 fully saturated rings. The summed E-state index contributed by atoms with van der Waals surface area (Å²) in [6, 6.07) is 8.94. The maximum Gasteiger partial charge on any atom is 0.339 e. The highest BCUT2D eigenvalue weighted by Gasteiger charge is 2.24. The number of rotatable bonds is 4. The van der Waals surface area contributed by atoms with Crippen LogP contribution in [0.15, 0.2) is 36.5 Å². The van der Waals surface area contributed by atoms with Gasteiger partial charge in [0.2, 0.25) is 0 Å². The Morgan fingerprint density at radius 3 is 2.76 bits per heavy atom. The summed E-state index contributed by atoms with van der Waals surface area (Å²) in [5, 5.41) is 3.81. The summed E-state index contributed by atoms with van der Waals surface area (Å²) in [4.78, 5) is 33.8. The molecule has 1 aliphatic rings. The lowest BCUT2D eigenvalue weighted by Crippen LogP contribution is -2.23. The third-order valence-electron chi connectivity index (χ3n) is 4.77. The SMILES string of the molecule is O=C(COC(=O)c1c2c(nc3ccccc13)CCCC2)Nc1ncc(Cl)cc1Cl. The van der Waals surface area contributed by atoms with Crippen molar-refractivity contribution < 1.29 is 14.3 Å². The van der Waals surface area contributed by atoms with E-state index in [0.29, 0.717) is 10.6 Å². The van der Waals surface area contributed by atoms with Crippen molar-refractivity contribution in [3.8, 4) is 0 Å². The number of ether oxygens (including phenoxy) is 1. The van der Waals surface area contributed by atoms with E-state index in [1.54, 1.807) is 0 Å². The number of carbonyl (C=O) groups is 2. The molecular formula is C21H17Cl2N3O3. The third kappa shape index (κ3) is 4.18. The van der Waals surface area contributed by atoms with Gasteiger partial charge < -0.3 is 10.1 Å². The van der Waals surface area contributed by atoms with Crippen LogP contribution in [0.4, 0.5) is 5.82 Å². The zero-order valence-corrected chi connectivity index (χ0v) is 16.9. The van der Waals surface area contributed by atoms with Gasteiger partial charge in [-0.3, -0.25) is 9.78 Å². The van der Waals surface area contributed by atoms with Gasteiger partial charge in [-0.2, -0.15) is 0 Å². The van der Waals surface area contributed by atoms with E-state index in [1.165, 1.54) is 12.3 Å². The maximum atomic E-state index is 12.9. The first-order valence-corrected chi connectivity index (χ1v) is 9.97. The zero-order chi connectivity index (χ0) is 20.4. The summed E-state index contributed by atoms with van der Waals surface area (Å²) >= 11 is 11.8. The molecule has 3 aromatic rings. The van der Waals surface area contributed by atoms with Crippen LogP contribution >= 0.6 is 23.2 Å². The van der Waals surface area contributed by atoms with Crippen molar-refractivity contribution in [2.75, 3.05) is 11.9 Å². The summed E-state index contributed by atoms with van der Waals surface area (Å²) in [5.41, 5.74) is 3.11. The molecule has 1 aromatic carbocycles. The van der Waals surface area contributed by atoms with Crippen LogP contribution < -0.4 is 5.32 Å². The van der Waals surface area contributed by atoms with E-state index in [1.807, 2.05) is 24.3 Å². The molecule has 4 rings (SSSR count). The molecule has 1 aliphatic carbocycles. The second-order valence-corrected chi connectivity index (χ2v) is 7.59. The Hall–Kier alpha value is -2.70. The molecule has 0 saturated heterocycles. The highest BCUT2D eigenvalue weighted by molar-refractivity contribution is 6.36. The van der Waals surface area contributed by atoms with Gasteiger partial charge in [-0.05, 0) is 43.4 Å². The normalized spacial score (nSPS) is 13.0. The molecule has 6 nitrogen and oxygen atoms in total. The first kappa shape index (κ1) is 19.6. The van der Waals surface area contributed by atoms with E-state index in [9.17, 15) is 9.59 Å². The van der Waals surface area contributed by atoms with Crippen molar-refractivity contribution >= 4 is 51.8 Å². The molecule has 8 heteroatoms. The standard InChI is InChI=1S/C21H17Cl2N3O3/c22-12-9-15(23)20(24-10-12)26-18(27)11-29-21(28)19-13-5-1-3-7-16(13)25-17-8-4-2-6-14(17)19/h1,3,5,7,9-10H,2,4,6,8,11H2,(H,24,26,27). The number of nitrogens with one attached hydrogen (secondary N) is 1. The number of anilines is 1. The van der Waals surface area contributed by atoms with Gasteiger partial charge in [0.1, 0.15) is 0 Å². The van der Waals surface area contributed by atoms with Crippen LogP contribution in [-0.4, -0.2) is 28.5 Å². The summed E-state index contributed by atoms with van der Waals surface area (Å²) in [7, 11) is 0. The van der Waals surface area contributed by atoms with Crippen molar-refractivity contribution in [2.24, 2.45) is 0 Å². The number of halogens is 2. The average Bonchev–Trinajstić information content (AvgIpc) is 2.72. The molecule has 0 spiro atoms. The number of aromatic nitrogens is 2. The first-order chi connectivity index (χ1) is 14.0. The minimum absolute atomic E-state index is 0.156. The van der Waals surface area contributed by atoms with Gasteiger partial charge in [0.15, 0.2) is 12.4 Å². The summed E-state index contributed by atoms with van der Waals surface area (Å²) < 4.78 is 5.32. The minimum Gasteiger partial charge on any atom is -0.452 e. The second-order valence-electron chi connectivity index (χ2n) is 6.74. The van der Waals surface area contributed by atoms with Crippen molar-refractivity contribution in [1.29, 1.82) is 0 Å². The summed E-state index contributed by atoms with van der Waals surface area (Å²) in [6.45, 7) is -0.453. The number of nitrogens with zero attached hydrogens (tertiary/aromatic N) is 2. The predicted octanol–water partition coefficient (Wildman–Crippen LogP) is 4.61. The number of pyridine rings is 2. The molecule has 2 heterocycles. The number of aryl methyl sites for hydroxylation is 1. The quantitative estimate of drug-likeness (QED) is 0.612. The van der Waals surface area contributed by atoms with Gasteiger partial charge in [0.05, 0.1) is 21.1 Å². The van der Waals surface area contributed by atoms with E-state index < -0.39 is 18.5 Å². The molecule has 0 aliphatic heterocycles. The van der Waals surface area contributed by atoms with Crippen molar-refractivity contribution in [1.82, 2.24) is 9.97 Å². The summed E-state index contributed by atoms with van der Waals surface area (Å²) in [6.07, 6.45) is 5.01. The van der Waals surface area contributed by atoms with Crippen molar-refractivity contribution in [3.63, 3.8) is 0 Å². The number of para-hydroxylation sites is 1. The molecular weight excluding hydrogens is 413 g/mol. The first-order valence-electron chi connectivity index (χ1n) is 9.21. The fourth-order valence-electron chi connectivity index (χ4n) is 3.48. The fourth-order valence-corrected chi connectivity index (χ4v) is 3.91. The number of amides is 1. The molecule has 29 heavy (non-hydrogen) atoms. The lowest BCUT2D eigenvalue weighted by Gasteiger charge is -2.19. The summed E-state index contributed by atoms with van der Waals surface area (Å²) in [5.74, 6) is -0.918. The Bertz CT molecular complexity index is 1120. The lowest BCUT2D eigenvalue weighted by atomic mass is 9.90. The maximum absolute atomic E-state index is 12.9. The van der Waals surface area contributed by atoms with E-state index in [2.05, 4.69) is 10.3 Å². The van der Waals surface area contributed by atoms with Crippen molar-refractivity contribution in [3.05, 3.63) is 63.4 Å². The molecule has 148 valence electrons. The van der Waals surface area contributed by atoms with Crippen LogP contribution in [-0.2, 0) is 22.4 Å². The topological polar surface area (TPSA) is 81.2 Å². The molecule has 2 aromatic heterocycles. The highest BCUT2D eigenvalue weighted by atomic mass is 35.5. The Morgan fingerprint density at radius 2 is 1.93 bits per heavy atom. The van der Waals surface area contributed by atoms with E-state index in [4.69, 9.17) is 32.9 Å². The average molecular weight is 430 g/mol. The highest BCUT2D eigenvalue weighted by Crippen LogP contribution is 2.30. The van der Waals surface area contributed by atoms with E-state index in [0.717, 1.165) is 47.8 Å². The van der Waals surface area contributed by atoms with Gasteiger partial charge in [0, 0.05) is 17.3 Å². The van der Waals surface area contributed by atoms with Gasteiger partial charge in [-0.1, -0.05) is 41.4 Å². The Labute approximate surface area is 177 Å². The second kappa shape index (κ2) is 8.35. The Kier molecular flexibility index (Phi) is 5.65. The van der Waals surface area contributed by atoms with E-state index >= 15 is 0 Å². The molecule has 0 atom stereocenters. The largest absolute Gasteiger partial charge is 0.452 e. The van der Waals surface area contributed by atoms with Crippen LogP contribution in [0.3, 0.4) is 0 Å². The third-order valence-corrected chi connectivity index (χ3v) is 5.27. The van der Waals surface area contributed by atoms with Crippen LogP contribution in [0.2, 0.25) is 10.0 Å². The van der Waals surface area contributed by atoms with Gasteiger partial charge >= 0.3 is 5.97 Å². The Morgan fingerprint density at radius 1 is 1.14 bits per heavy atom. The smallest absolute Gasteiger partial charge is 0.339 e. The van der Waals surface area contributed by atoms with Crippen LogP contribution in [0.1, 0.15) is 34.5 Å². The number of fused-ring (bicyclic) bond motifs is 2. The van der Waals surface area contributed by atoms with Crippen LogP contribution in [0.25, 0.3) is 10.9 Å². The fraction of sp³-hybridized carbons (Fsp3) is 0.238. The van der Waals surface area contributed by atoms with Crippen LogP contribution in [0.5, 0.6) is 0 Å². The monoisotopic (exact) mass is 429 g/mol. The molecule has 0 unspecified atom stereocenters. The van der Waals surface area contributed by atoms with E-state index in [-0.39, 0.29) is 10.8 Å². The predicted molar refractivity (Wildman–Crippen MR) is 112 cm³/mol. The molecule has 1 N–H and O–H groups in total. The number of esters is 1. The number of hydrogen-bond donors (Lipinski definition) is 1. The number of carbonyl (C=O) groups excluding carboxylic acids is 2. The zero-order valence-electron chi connectivity index (χ0n) is 15.4. The van der Waals surface area contributed by atoms with Crippen molar-refractivity contribution in [2.45, 2.75) is 25.7 Å². The Balaban J connectivity index is 1.54. The molecule has 1 amide bonds. The molecule has 0 saturated carbocycles. The number of hydrogen-bond acceptors (Lipinski definition) is 5. The molecule has 0 bridgehead atoms. The van der Waals surface area contributed by atoms with Gasteiger partial charge in [0.25, 0.3) is 5.91 Å².